The average molecular weight is 924 g/mol. The maximum atomic E-state index is 14.3. The van der Waals surface area contributed by atoms with Crippen molar-refractivity contribution < 1.29 is 33.8 Å². The van der Waals surface area contributed by atoms with Crippen LogP contribution in [0.3, 0.4) is 0 Å². The number of piperidine rings is 1. The minimum Gasteiger partial charge on any atom is -0.508 e. The Morgan fingerprint density at radius 1 is 0.955 bits per heavy atom. The molecule has 0 bridgehead atoms. The number of fused-ring (bicyclic) bond motifs is 1. The second kappa shape index (κ2) is 22.4. The fraction of sp³-hybridized carbons (Fsp3) is 0.500. The van der Waals surface area contributed by atoms with Crippen LogP contribution in [-0.2, 0) is 61.2 Å². The van der Waals surface area contributed by atoms with Crippen LogP contribution in [0.4, 0.5) is 5.69 Å². The van der Waals surface area contributed by atoms with Crippen LogP contribution < -0.4 is 27.0 Å². The second-order valence-electron chi connectivity index (χ2n) is 17.7. The third-order valence-corrected chi connectivity index (χ3v) is 13.1. The molecule has 19 heteroatoms. The molecule has 19 nitrogen and oxygen atoms in total. The first-order chi connectivity index (χ1) is 32.0. The van der Waals surface area contributed by atoms with Crippen molar-refractivity contribution in [2.75, 3.05) is 58.4 Å². The van der Waals surface area contributed by atoms with Crippen LogP contribution in [0.1, 0.15) is 60.9 Å². The topological polar surface area (TPSA) is 231 Å². The van der Waals surface area contributed by atoms with Crippen LogP contribution in [-0.4, -0.2) is 146 Å². The van der Waals surface area contributed by atoms with E-state index in [9.17, 15) is 33.9 Å². The van der Waals surface area contributed by atoms with Crippen LogP contribution >= 0.6 is 0 Å². The fourth-order valence-electron chi connectivity index (χ4n) is 9.17. The SMILES string of the molecule is CCn1nnn(CCN2CCC(COC)(N(C(=O)CCNC(=O)CN3Cc4ccccc4C[C@H](NC(=O)[C@@H](C)N(C)C(=O)[C@@H](N)Cc4c(C)cc(O)cc4C)C3=O)c3ccccc3)CC2)c1=O. The Hall–Kier alpha value is -6.44. The first-order valence-electron chi connectivity index (χ1n) is 22.9. The number of nitrogens with zero attached hydrogens (tertiary/aromatic N) is 8. The number of methoxy groups -OCH3 is 1. The lowest BCUT2D eigenvalue weighted by Crippen LogP contribution is -2.61. The summed E-state index contributed by atoms with van der Waals surface area (Å²) in [6, 6.07) is 17.1. The smallest absolute Gasteiger partial charge is 0.363 e. The molecule has 360 valence electrons. The van der Waals surface area contributed by atoms with Gasteiger partial charge in [0.2, 0.25) is 29.5 Å². The number of aryl methyl sites for hydroxylation is 3. The number of amides is 5. The molecule has 0 unspecified atom stereocenters. The Labute approximate surface area is 391 Å². The van der Waals surface area contributed by atoms with Gasteiger partial charge in [-0.2, -0.15) is 9.36 Å². The molecule has 6 rings (SSSR count). The highest BCUT2D eigenvalue weighted by Crippen LogP contribution is 2.35. The van der Waals surface area contributed by atoms with Crippen molar-refractivity contribution in [1.29, 1.82) is 0 Å². The van der Waals surface area contributed by atoms with Crippen molar-refractivity contribution in [2.45, 2.75) is 103 Å². The number of ether oxygens (including phenoxy) is 1. The number of likely N-dealkylation sites (tertiary alicyclic amines) is 1. The van der Waals surface area contributed by atoms with Crippen LogP contribution in [0.2, 0.25) is 0 Å². The number of carbonyl (C=O) groups excluding carboxylic acids is 5. The largest absolute Gasteiger partial charge is 0.508 e. The summed E-state index contributed by atoms with van der Waals surface area (Å²) in [6.07, 6.45) is 1.55. The lowest BCUT2D eigenvalue weighted by Gasteiger charge is -2.48. The number of aromatic nitrogens is 4. The predicted octanol–water partition coefficient (Wildman–Crippen LogP) is 1.29. The first kappa shape index (κ1) is 50.0. The Morgan fingerprint density at radius 2 is 1.60 bits per heavy atom. The molecule has 1 fully saturated rings. The van der Waals surface area contributed by atoms with Gasteiger partial charge in [0, 0.05) is 72.0 Å². The molecular weight excluding hydrogens is 859 g/mol. The van der Waals surface area contributed by atoms with Gasteiger partial charge in [0.15, 0.2) is 0 Å². The molecule has 4 aromatic rings. The summed E-state index contributed by atoms with van der Waals surface area (Å²) in [5.74, 6) is -2.04. The molecule has 0 spiro atoms. The van der Waals surface area contributed by atoms with Crippen molar-refractivity contribution in [3.05, 3.63) is 105 Å². The fourth-order valence-corrected chi connectivity index (χ4v) is 9.17. The van der Waals surface area contributed by atoms with Gasteiger partial charge in [-0.25, -0.2) is 4.79 Å². The average Bonchev–Trinajstić information content (AvgIpc) is 3.61. The quantitative estimate of drug-likeness (QED) is 0.104. The van der Waals surface area contributed by atoms with Gasteiger partial charge in [0.05, 0.1) is 31.3 Å². The van der Waals surface area contributed by atoms with E-state index in [1.807, 2.05) is 75.4 Å². The normalized spacial score (nSPS) is 16.9. The van der Waals surface area contributed by atoms with Gasteiger partial charge < -0.3 is 45.8 Å². The van der Waals surface area contributed by atoms with Crippen LogP contribution in [0.25, 0.3) is 0 Å². The number of carbonyl (C=O) groups is 5. The Kier molecular flexibility index (Phi) is 16.7. The minimum absolute atomic E-state index is 0.00800. The third-order valence-electron chi connectivity index (χ3n) is 13.1. The number of phenols is 1. The molecular formula is C48H65N11O8. The molecule has 0 saturated carbocycles. The molecule has 3 atom stereocenters. The highest BCUT2D eigenvalue weighted by Gasteiger charge is 2.43. The number of phenolic OH excluding ortho intramolecular Hbond substituents is 1. The van der Waals surface area contributed by atoms with Gasteiger partial charge in [0.25, 0.3) is 0 Å². The monoisotopic (exact) mass is 924 g/mol. The molecule has 3 heterocycles. The first-order valence-corrected chi connectivity index (χ1v) is 22.9. The van der Waals surface area contributed by atoms with Crippen molar-refractivity contribution in [3.8, 4) is 5.75 Å². The van der Waals surface area contributed by atoms with E-state index in [-0.39, 0.29) is 62.9 Å². The highest BCUT2D eigenvalue weighted by molar-refractivity contribution is 5.96. The number of aromatic hydroxyl groups is 1. The number of nitrogens with two attached hydrogens (primary N) is 1. The Bertz CT molecular complexity index is 2430. The summed E-state index contributed by atoms with van der Waals surface area (Å²) < 4.78 is 8.44. The number of rotatable bonds is 19. The molecule has 67 heavy (non-hydrogen) atoms. The van der Waals surface area contributed by atoms with Crippen molar-refractivity contribution in [2.24, 2.45) is 5.73 Å². The number of hydrogen-bond donors (Lipinski definition) is 4. The molecule has 5 N–H and O–H groups in total. The standard InChI is InChI=1S/C48H65N11O8/c1-7-57-47(66)58(53-52-57)24-23-55-21-18-48(19-22-55,31-67-6)59(37-15-9-8-10-16-37)43(62)17-20-50-42(61)30-56-29-36-14-12-11-13-35(36)27-41(46(56)65)51-44(63)34(4)54(5)45(64)40(49)28-39-32(2)25-38(60)26-33(39)3/h8-16,25-26,34,40-41,60H,7,17-24,27-31,49H2,1-6H3,(H,50,61)(H,51,63)/t34-,40+,41+/m1/s1. The van der Waals surface area contributed by atoms with Gasteiger partial charge in [-0.05, 0) is 109 Å². The van der Waals surface area contributed by atoms with Gasteiger partial charge in [-0.3, -0.25) is 24.0 Å². The summed E-state index contributed by atoms with van der Waals surface area (Å²) in [6.45, 7) is 9.87. The lowest BCUT2D eigenvalue weighted by molar-refractivity contribution is -0.142. The predicted molar refractivity (Wildman–Crippen MR) is 251 cm³/mol. The minimum atomic E-state index is -1.03. The number of likely N-dealkylation sites (N-methyl/N-ethyl adjacent to an activating group) is 1. The van der Waals surface area contributed by atoms with Crippen molar-refractivity contribution >= 4 is 35.2 Å². The maximum Gasteiger partial charge on any atom is 0.363 e. The number of nitrogens with one attached hydrogen (secondary N) is 2. The van der Waals surface area contributed by atoms with E-state index in [0.717, 1.165) is 27.8 Å². The van der Waals surface area contributed by atoms with Crippen molar-refractivity contribution in [1.82, 2.24) is 45.1 Å². The summed E-state index contributed by atoms with van der Waals surface area (Å²) in [5, 5.41) is 23.6. The zero-order chi connectivity index (χ0) is 48.4. The number of tetrazole rings is 1. The number of benzene rings is 3. The summed E-state index contributed by atoms with van der Waals surface area (Å²) >= 11 is 0. The van der Waals surface area contributed by atoms with Crippen LogP contribution in [0, 0.1) is 13.8 Å². The number of hydrogen-bond acceptors (Lipinski definition) is 12. The molecule has 0 aliphatic carbocycles. The van der Waals surface area contributed by atoms with Crippen molar-refractivity contribution in [3.63, 3.8) is 0 Å². The zero-order valence-corrected chi connectivity index (χ0v) is 39.4. The van der Waals surface area contributed by atoms with Crippen LogP contribution in [0.15, 0.2) is 71.5 Å². The molecule has 2 aliphatic rings. The van der Waals surface area contributed by atoms with Crippen LogP contribution in [0.5, 0.6) is 5.75 Å². The summed E-state index contributed by atoms with van der Waals surface area (Å²) in [5.41, 5.74) is 10.2. The van der Waals surface area contributed by atoms with E-state index >= 15 is 0 Å². The zero-order valence-electron chi connectivity index (χ0n) is 39.4. The number of para-hydroxylation sites is 1. The lowest BCUT2D eigenvalue weighted by atomic mass is 9.85. The van der Waals surface area contributed by atoms with E-state index in [4.69, 9.17) is 10.5 Å². The van der Waals surface area contributed by atoms with E-state index in [1.165, 1.54) is 26.2 Å². The van der Waals surface area contributed by atoms with E-state index in [1.54, 1.807) is 31.1 Å². The molecule has 0 radical (unpaired) electrons. The third kappa shape index (κ3) is 11.9. The van der Waals surface area contributed by atoms with E-state index in [0.29, 0.717) is 51.3 Å². The number of anilines is 1. The summed E-state index contributed by atoms with van der Waals surface area (Å²) in [7, 11) is 3.11. The second-order valence-corrected chi connectivity index (χ2v) is 17.7. The molecule has 2 aliphatic heterocycles. The van der Waals surface area contributed by atoms with Gasteiger partial charge in [-0.15, -0.1) is 0 Å². The highest BCUT2D eigenvalue weighted by atomic mass is 16.5. The molecule has 3 aromatic carbocycles. The molecule has 5 amide bonds. The summed E-state index contributed by atoms with van der Waals surface area (Å²) in [4.78, 5) is 88.6. The van der Waals surface area contributed by atoms with Gasteiger partial charge in [0.1, 0.15) is 17.8 Å². The van der Waals surface area contributed by atoms with E-state index < -0.39 is 47.3 Å². The Balaban J connectivity index is 1.07. The molecule has 1 saturated heterocycles. The van der Waals surface area contributed by atoms with Gasteiger partial charge in [-0.1, -0.05) is 42.5 Å². The van der Waals surface area contributed by atoms with E-state index in [2.05, 4.69) is 26.0 Å². The van der Waals surface area contributed by atoms with Gasteiger partial charge >= 0.3 is 5.69 Å². The Morgan fingerprint density at radius 3 is 2.24 bits per heavy atom. The maximum absolute atomic E-state index is 14.3. The molecule has 1 aromatic heterocycles.